The van der Waals surface area contributed by atoms with Crippen molar-refractivity contribution in [2.45, 2.75) is 12.1 Å². The van der Waals surface area contributed by atoms with E-state index in [4.69, 9.17) is 0 Å². The van der Waals surface area contributed by atoms with Gasteiger partial charge in [0.05, 0.1) is 5.69 Å². The fourth-order valence-corrected chi connectivity index (χ4v) is 1.56. The number of nitrogens with zero attached hydrogens (tertiary/aromatic N) is 2. The molecule has 1 N–H and O–H groups in total. The average molecular weight is 173 g/mol. The maximum Gasteiger partial charge on any atom is 0.141 e. The van der Waals surface area contributed by atoms with E-state index < -0.39 is 5.67 Å². The van der Waals surface area contributed by atoms with Crippen molar-refractivity contribution in [3.05, 3.63) is 11.1 Å². The van der Waals surface area contributed by atoms with Crippen molar-refractivity contribution in [3.63, 3.8) is 0 Å². The SMILES string of the molecule is FC1(Cc2csnn2)CNC1. The Morgan fingerprint density at radius 2 is 2.55 bits per heavy atom. The zero-order chi connectivity index (χ0) is 7.73. The van der Waals surface area contributed by atoms with Gasteiger partial charge < -0.3 is 5.32 Å². The highest BCUT2D eigenvalue weighted by Gasteiger charge is 2.37. The molecule has 0 radical (unpaired) electrons. The predicted octanol–water partition coefficient (Wildman–Crippen LogP) is 0.392. The lowest BCUT2D eigenvalue weighted by molar-refractivity contribution is 0.0900. The Labute approximate surface area is 67.8 Å². The zero-order valence-corrected chi connectivity index (χ0v) is 6.70. The molecule has 1 aromatic rings. The van der Waals surface area contributed by atoms with Gasteiger partial charge in [-0.05, 0) is 11.5 Å². The second kappa shape index (κ2) is 2.49. The van der Waals surface area contributed by atoms with Gasteiger partial charge in [-0.2, -0.15) is 0 Å². The van der Waals surface area contributed by atoms with Crippen molar-refractivity contribution in [2.75, 3.05) is 13.1 Å². The van der Waals surface area contributed by atoms with Crippen LogP contribution in [0.4, 0.5) is 4.39 Å². The van der Waals surface area contributed by atoms with Crippen molar-refractivity contribution in [2.24, 2.45) is 0 Å². The van der Waals surface area contributed by atoms with E-state index >= 15 is 0 Å². The molecule has 0 atom stereocenters. The molecule has 1 aromatic heterocycles. The summed E-state index contributed by atoms with van der Waals surface area (Å²) in [5.41, 5.74) is -0.297. The van der Waals surface area contributed by atoms with Gasteiger partial charge in [0.15, 0.2) is 0 Å². The predicted molar refractivity (Wildman–Crippen MR) is 40.3 cm³/mol. The zero-order valence-electron chi connectivity index (χ0n) is 5.88. The third-order valence-electron chi connectivity index (χ3n) is 1.79. The van der Waals surface area contributed by atoms with E-state index in [0.717, 1.165) is 5.69 Å². The molecule has 3 nitrogen and oxygen atoms in total. The monoisotopic (exact) mass is 173 g/mol. The third kappa shape index (κ3) is 1.39. The fourth-order valence-electron chi connectivity index (χ4n) is 1.11. The Hall–Kier alpha value is -0.550. The van der Waals surface area contributed by atoms with E-state index in [9.17, 15) is 4.39 Å². The van der Waals surface area contributed by atoms with Crippen LogP contribution >= 0.6 is 11.5 Å². The van der Waals surface area contributed by atoms with Crippen molar-refractivity contribution in [1.29, 1.82) is 0 Å². The number of hydrogen-bond donors (Lipinski definition) is 1. The molecule has 0 unspecified atom stereocenters. The highest BCUT2D eigenvalue weighted by Crippen LogP contribution is 2.21. The number of halogens is 1. The summed E-state index contributed by atoms with van der Waals surface area (Å²) >= 11 is 1.27. The molecular formula is C6H8FN3S. The van der Waals surface area contributed by atoms with Crippen LogP contribution in [0, 0.1) is 0 Å². The first-order valence-corrected chi connectivity index (χ1v) is 4.28. The van der Waals surface area contributed by atoms with Crippen molar-refractivity contribution >= 4 is 11.5 Å². The second-order valence-corrected chi connectivity index (χ2v) is 3.44. The van der Waals surface area contributed by atoms with Gasteiger partial charge in [0.25, 0.3) is 0 Å². The molecule has 60 valence electrons. The first-order chi connectivity index (χ1) is 5.29. The molecule has 0 spiro atoms. The molecule has 1 saturated heterocycles. The van der Waals surface area contributed by atoms with Crippen LogP contribution in [0.5, 0.6) is 0 Å². The minimum Gasteiger partial charge on any atom is -0.310 e. The smallest absolute Gasteiger partial charge is 0.141 e. The van der Waals surface area contributed by atoms with Crippen LogP contribution in [0.1, 0.15) is 5.69 Å². The standard InChI is InChI=1S/C6H8FN3S/c7-6(3-8-4-6)1-5-2-11-10-9-5/h2,8H,1,3-4H2. The van der Waals surface area contributed by atoms with Gasteiger partial charge in [0, 0.05) is 24.9 Å². The first kappa shape index (κ1) is 7.12. The van der Waals surface area contributed by atoms with Gasteiger partial charge in [-0.15, -0.1) is 5.10 Å². The highest BCUT2D eigenvalue weighted by molar-refractivity contribution is 7.03. The minimum atomic E-state index is -1.06. The molecule has 0 aliphatic carbocycles. The molecule has 11 heavy (non-hydrogen) atoms. The van der Waals surface area contributed by atoms with Crippen LogP contribution in [0.15, 0.2) is 5.38 Å². The van der Waals surface area contributed by atoms with Gasteiger partial charge in [-0.1, -0.05) is 4.49 Å². The third-order valence-corrected chi connectivity index (χ3v) is 2.34. The van der Waals surface area contributed by atoms with Crippen molar-refractivity contribution in [3.8, 4) is 0 Å². The van der Waals surface area contributed by atoms with Gasteiger partial charge in [0.2, 0.25) is 0 Å². The summed E-state index contributed by atoms with van der Waals surface area (Å²) in [6.45, 7) is 0.898. The first-order valence-electron chi connectivity index (χ1n) is 3.44. The Morgan fingerprint density at radius 3 is 3.00 bits per heavy atom. The van der Waals surface area contributed by atoms with E-state index in [2.05, 4.69) is 14.9 Å². The average Bonchev–Trinajstić information content (AvgIpc) is 2.36. The second-order valence-electron chi connectivity index (χ2n) is 2.83. The molecule has 0 saturated carbocycles. The molecule has 1 aliphatic rings. The normalized spacial score (nSPS) is 21.2. The molecule has 1 aliphatic heterocycles. The van der Waals surface area contributed by atoms with Crippen LogP contribution in [0.25, 0.3) is 0 Å². The van der Waals surface area contributed by atoms with Crippen molar-refractivity contribution < 1.29 is 4.39 Å². The molecule has 0 bridgehead atoms. The van der Waals surface area contributed by atoms with E-state index in [1.165, 1.54) is 11.5 Å². The quantitative estimate of drug-likeness (QED) is 0.703. The number of rotatable bonds is 2. The van der Waals surface area contributed by atoms with Crippen LogP contribution < -0.4 is 5.32 Å². The number of aromatic nitrogens is 2. The summed E-state index contributed by atoms with van der Waals surface area (Å²) in [5.74, 6) is 0. The lowest BCUT2D eigenvalue weighted by Crippen LogP contribution is -2.57. The lowest BCUT2D eigenvalue weighted by Gasteiger charge is -2.34. The van der Waals surface area contributed by atoms with E-state index in [1.54, 1.807) is 5.38 Å². The van der Waals surface area contributed by atoms with Gasteiger partial charge in [-0.3, -0.25) is 0 Å². The molecule has 1 fully saturated rings. The largest absolute Gasteiger partial charge is 0.310 e. The topological polar surface area (TPSA) is 37.8 Å². The summed E-state index contributed by atoms with van der Waals surface area (Å²) < 4.78 is 17.0. The Balaban J connectivity index is 2.00. The summed E-state index contributed by atoms with van der Waals surface area (Å²) in [7, 11) is 0. The summed E-state index contributed by atoms with van der Waals surface area (Å²) in [6, 6.07) is 0. The van der Waals surface area contributed by atoms with Crippen molar-refractivity contribution in [1.82, 2.24) is 14.9 Å². The molecule has 0 aromatic carbocycles. The van der Waals surface area contributed by atoms with E-state index in [0.29, 0.717) is 19.5 Å². The Bertz CT molecular complexity index is 232. The van der Waals surface area contributed by atoms with Crippen LogP contribution in [-0.2, 0) is 6.42 Å². The summed E-state index contributed by atoms with van der Waals surface area (Å²) in [6.07, 6.45) is 0.399. The Kier molecular flexibility index (Phi) is 1.61. The van der Waals surface area contributed by atoms with Crippen LogP contribution in [0.2, 0.25) is 0 Å². The molecule has 0 amide bonds. The maximum absolute atomic E-state index is 13.3. The molecule has 2 heterocycles. The number of alkyl halides is 1. The van der Waals surface area contributed by atoms with Crippen LogP contribution in [0.3, 0.4) is 0 Å². The summed E-state index contributed by atoms with van der Waals surface area (Å²) in [4.78, 5) is 0. The Morgan fingerprint density at radius 1 is 1.73 bits per heavy atom. The van der Waals surface area contributed by atoms with E-state index in [1.807, 2.05) is 0 Å². The highest BCUT2D eigenvalue weighted by atomic mass is 32.1. The van der Waals surface area contributed by atoms with Gasteiger partial charge >= 0.3 is 0 Å². The molecule has 2 rings (SSSR count). The number of nitrogens with one attached hydrogen (secondary N) is 1. The molecule has 5 heteroatoms. The van der Waals surface area contributed by atoms with Gasteiger partial charge in [-0.25, -0.2) is 4.39 Å². The number of hydrogen-bond acceptors (Lipinski definition) is 4. The minimum absolute atomic E-state index is 0.399. The summed E-state index contributed by atoms with van der Waals surface area (Å²) in [5, 5.41) is 8.47. The maximum atomic E-state index is 13.3. The van der Waals surface area contributed by atoms with E-state index in [-0.39, 0.29) is 0 Å². The van der Waals surface area contributed by atoms with Gasteiger partial charge in [0.1, 0.15) is 5.67 Å². The molecular weight excluding hydrogens is 165 g/mol. The lowest BCUT2D eigenvalue weighted by atomic mass is 9.94. The fraction of sp³-hybridized carbons (Fsp3) is 0.667. The van der Waals surface area contributed by atoms with Crippen LogP contribution in [-0.4, -0.2) is 28.3 Å².